The number of nitrogens with one attached hydrogen (secondary N) is 1. The van der Waals surface area contributed by atoms with Crippen LogP contribution >= 0.6 is 0 Å². The lowest BCUT2D eigenvalue weighted by molar-refractivity contribution is 0.316. The number of nitrogens with zero attached hydrogens (tertiary/aromatic N) is 1. The van der Waals surface area contributed by atoms with Crippen molar-refractivity contribution in [1.82, 2.24) is 10.2 Å². The summed E-state index contributed by atoms with van der Waals surface area (Å²) in [6.07, 6.45) is 5.52. The number of ether oxygens (including phenoxy) is 1. The summed E-state index contributed by atoms with van der Waals surface area (Å²) in [5.41, 5.74) is 1.31. The molecule has 19 heavy (non-hydrogen) atoms. The van der Waals surface area contributed by atoms with E-state index in [4.69, 9.17) is 4.74 Å². The Hall–Kier alpha value is -1.06. The van der Waals surface area contributed by atoms with Gasteiger partial charge in [-0.25, -0.2) is 0 Å². The molecule has 0 bridgehead atoms. The van der Waals surface area contributed by atoms with Crippen molar-refractivity contribution in [2.24, 2.45) is 0 Å². The van der Waals surface area contributed by atoms with E-state index in [0.29, 0.717) is 0 Å². The molecule has 1 saturated carbocycles. The van der Waals surface area contributed by atoms with Crippen LogP contribution in [0.2, 0.25) is 0 Å². The lowest BCUT2D eigenvalue weighted by Gasteiger charge is -2.19. The fourth-order valence-corrected chi connectivity index (χ4v) is 2.75. The molecule has 2 rings (SSSR count). The van der Waals surface area contributed by atoms with Crippen molar-refractivity contribution in [2.45, 2.75) is 38.3 Å². The molecule has 0 radical (unpaired) electrons. The summed E-state index contributed by atoms with van der Waals surface area (Å²) in [6.45, 7) is 3.16. The van der Waals surface area contributed by atoms with E-state index < -0.39 is 0 Å². The van der Waals surface area contributed by atoms with E-state index >= 15 is 0 Å². The normalized spacial score (nSPS) is 16.2. The number of hydrogen-bond donors (Lipinski definition) is 1. The van der Waals surface area contributed by atoms with Crippen LogP contribution in [0.15, 0.2) is 24.3 Å². The molecule has 0 spiro atoms. The first-order valence-corrected chi connectivity index (χ1v) is 7.33. The summed E-state index contributed by atoms with van der Waals surface area (Å²) in [5.74, 6) is 0.940. The average Bonchev–Trinajstić information content (AvgIpc) is 2.92. The number of methoxy groups -OCH3 is 1. The monoisotopic (exact) mass is 262 g/mol. The molecular weight excluding hydrogens is 236 g/mol. The molecule has 0 atom stereocenters. The van der Waals surface area contributed by atoms with Crippen molar-refractivity contribution in [3.8, 4) is 5.75 Å². The number of rotatable bonds is 7. The first-order valence-electron chi connectivity index (χ1n) is 7.33. The second-order valence-corrected chi connectivity index (χ2v) is 5.52. The average molecular weight is 262 g/mol. The highest BCUT2D eigenvalue weighted by molar-refractivity contribution is 5.28. The van der Waals surface area contributed by atoms with Crippen molar-refractivity contribution >= 4 is 0 Å². The van der Waals surface area contributed by atoms with Gasteiger partial charge in [-0.1, -0.05) is 25.0 Å². The van der Waals surface area contributed by atoms with Gasteiger partial charge in [0, 0.05) is 25.7 Å². The molecule has 1 fully saturated rings. The fourth-order valence-electron chi connectivity index (χ4n) is 2.75. The zero-order valence-electron chi connectivity index (χ0n) is 12.2. The Morgan fingerprint density at radius 3 is 2.84 bits per heavy atom. The summed E-state index contributed by atoms with van der Waals surface area (Å²) >= 11 is 0. The van der Waals surface area contributed by atoms with Gasteiger partial charge in [0.15, 0.2) is 0 Å². The van der Waals surface area contributed by atoms with Gasteiger partial charge in [0.05, 0.1) is 7.11 Å². The summed E-state index contributed by atoms with van der Waals surface area (Å²) in [6, 6.07) is 9.08. The molecule has 3 heteroatoms. The van der Waals surface area contributed by atoms with Crippen LogP contribution in [0, 0.1) is 0 Å². The van der Waals surface area contributed by atoms with Crippen LogP contribution in [0.5, 0.6) is 5.75 Å². The molecule has 106 valence electrons. The third-order valence-corrected chi connectivity index (χ3v) is 3.87. The highest BCUT2D eigenvalue weighted by atomic mass is 16.5. The third-order valence-electron chi connectivity index (χ3n) is 3.87. The number of likely N-dealkylation sites (N-methyl/N-ethyl adjacent to an activating group) is 1. The summed E-state index contributed by atoms with van der Waals surface area (Å²) in [5, 5.41) is 3.65. The van der Waals surface area contributed by atoms with Crippen molar-refractivity contribution < 1.29 is 4.74 Å². The van der Waals surface area contributed by atoms with E-state index in [0.717, 1.165) is 31.4 Å². The van der Waals surface area contributed by atoms with Gasteiger partial charge in [-0.2, -0.15) is 0 Å². The molecule has 0 aliphatic heterocycles. The Morgan fingerprint density at radius 1 is 1.32 bits per heavy atom. The van der Waals surface area contributed by atoms with Crippen molar-refractivity contribution in [3.05, 3.63) is 29.8 Å². The standard InChI is InChI=1S/C16H26N2O/c1-18(11-10-17-15-7-3-4-8-15)13-14-6-5-9-16(12-14)19-2/h5-6,9,12,15,17H,3-4,7-8,10-11,13H2,1-2H3. The summed E-state index contributed by atoms with van der Waals surface area (Å²) in [4.78, 5) is 2.36. The topological polar surface area (TPSA) is 24.5 Å². The van der Waals surface area contributed by atoms with Crippen LogP contribution in [-0.4, -0.2) is 38.2 Å². The molecule has 1 aromatic rings. The van der Waals surface area contributed by atoms with Crippen LogP contribution in [0.25, 0.3) is 0 Å². The Morgan fingerprint density at radius 2 is 2.11 bits per heavy atom. The first-order chi connectivity index (χ1) is 9.28. The van der Waals surface area contributed by atoms with E-state index in [9.17, 15) is 0 Å². The van der Waals surface area contributed by atoms with Crippen LogP contribution in [0.3, 0.4) is 0 Å². The van der Waals surface area contributed by atoms with Crippen LogP contribution < -0.4 is 10.1 Å². The second-order valence-electron chi connectivity index (χ2n) is 5.52. The maximum Gasteiger partial charge on any atom is 0.119 e. The van der Waals surface area contributed by atoms with Crippen molar-refractivity contribution in [1.29, 1.82) is 0 Å². The molecule has 1 aliphatic carbocycles. The molecule has 0 heterocycles. The highest BCUT2D eigenvalue weighted by Gasteiger charge is 2.13. The van der Waals surface area contributed by atoms with Crippen molar-refractivity contribution in [3.63, 3.8) is 0 Å². The molecule has 1 aromatic carbocycles. The minimum Gasteiger partial charge on any atom is -0.497 e. The quantitative estimate of drug-likeness (QED) is 0.817. The SMILES string of the molecule is COc1cccc(CN(C)CCNC2CCCC2)c1. The zero-order valence-corrected chi connectivity index (χ0v) is 12.2. The maximum absolute atomic E-state index is 5.25. The third kappa shape index (κ3) is 4.84. The van der Waals surface area contributed by atoms with Gasteiger partial charge in [0.1, 0.15) is 5.75 Å². The zero-order chi connectivity index (χ0) is 13.5. The summed E-state index contributed by atoms with van der Waals surface area (Å²) in [7, 11) is 3.89. The Labute approximate surface area is 116 Å². The number of benzene rings is 1. The molecular formula is C16H26N2O. The van der Waals surface area contributed by atoms with Gasteiger partial charge in [0.2, 0.25) is 0 Å². The Balaban J connectivity index is 1.69. The molecule has 3 nitrogen and oxygen atoms in total. The minimum absolute atomic E-state index is 0.769. The molecule has 0 aromatic heterocycles. The van der Waals surface area contributed by atoms with Gasteiger partial charge in [0.25, 0.3) is 0 Å². The van der Waals surface area contributed by atoms with E-state index in [-0.39, 0.29) is 0 Å². The number of hydrogen-bond acceptors (Lipinski definition) is 3. The van der Waals surface area contributed by atoms with Gasteiger partial charge >= 0.3 is 0 Å². The van der Waals surface area contributed by atoms with Crippen LogP contribution in [0.4, 0.5) is 0 Å². The predicted molar refractivity (Wildman–Crippen MR) is 79.6 cm³/mol. The summed E-state index contributed by atoms with van der Waals surface area (Å²) < 4.78 is 5.25. The highest BCUT2D eigenvalue weighted by Crippen LogP contribution is 2.17. The predicted octanol–water partition coefficient (Wildman–Crippen LogP) is 2.66. The largest absolute Gasteiger partial charge is 0.497 e. The van der Waals surface area contributed by atoms with Gasteiger partial charge in [-0.05, 0) is 37.6 Å². The first kappa shape index (κ1) is 14.4. The maximum atomic E-state index is 5.25. The smallest absolute Gasteiger partial charge is 0.119 e. The lowest BCUT2D eigenvalue weighted by Crippen LogP contribution is -2.34. The second kappa shape index (κ2) is 7.51. The van der Waals surface area contributed by atoms with Crippen LogP contribution in [-0.2, 0) is 6.54 Å². The molecule has 0 saturated heterocycles. The van der Waals surface area contributed by atoms with E-state index in [1.165, 1.54) is 31.2 Å². The van der Waals surface area contributed by atoms with E-state index in [2.05, 4.69) is 35.5 Å². The molecule has 0 unspecified atom stereocenters. The van der Waals surface area contributed by atoms with Gasteiger partial charge in [-0.15, -0.1) is 0 Å². The lowest BCUT2D eigenvalue weighted by atomic mass is 10.2. The minimum atomic E-state index is 0.769. The Kier molecular flexibility index (Phi) is 5.67. The molecule has 1 aliphatic rings. The van der Waals surface area contributed by atoms with Gasteiger partial charge < -0.3 is 15.0 Å². The van der Waals surface area contributed by atoms with E-state index in [1.54, 1.807) is 7.11 Å². The fraction of sp³-hybridized carbons (Fsp3) is 0.625. The van der Waals surface area contributed by atoms with Crippen molar-refractivity contribution in [2.75, 3.05) is 27.2 Å². The van der Waals surface area contributed by atoms with Gasteiger partial charge in [-0.3, -0.25) is 0 Å². The molecule has 1 N–H and O–H groups in total. The van der Waals surface area contributed by atoms with Crippen LogP contribution in [0.1, 0.15) is 31.2 Å². The Bertz CT molecular complexity index is 375. The van der Waals surface area contributed by atoms with E-state index in [1.807, 2.05) is 6.07 Å². The molecule has 0 amide bonds.